The van der Waals surface area contributed by atoms with Crippen molar-refractivity contribution in [2.75, 3.05) is 0 Å². The topological polar surface area (TPSA) is 42.4 Å². The van der Waals surface area contributed by atoms with Gasteiger partial charge < -0.3 is 9.84 Å². The number of rotatable bonds is 4. The number of nitrogens with zero attached hydrogens (tertiary/aromatic N) is 1. The minimum atomic E-state index is -0.523. The molecule has 0 aliphatic heterocycles. The van der Waals surface area contributed by atoms with Gasteiger partial charge in [0.05, 0.1) is 18.0 Å². The Morgan fingerprint density at radius 2 is 2.11 bits per heavy atom. The summed E-state index contributed by atoms with van der Waals surface area (Å²) in [6.45, 7) is 1.91. The normalized spacial score (nSPS) is 12.2. The standard InChI is InChI=1S/C14H14ClNO2/c1-2-14(17)13-7-6-12(9-16-13)18-11-5-3-4-10(15)8-11/h3-9,14,17H,2H2,1H3/t14-/m1/s1. The Balaban J connectivity index is 2.11. The third kappa shape index (κ3) is 3.22. The molecule has 3 nitrogen and oxygen atoms in total. The molecule has 0 aliphatic carbocycles. The first-order chi connectivity index (χ1) is 8.69. The molecule has 4 heteroatoms. The first kappa shape index (κ1) is 12.9. The van der Waals surface area contributed by atoms with Gasteiger partial charge in [-0.2, -0.15) is 0 Å². The first-order valence-electron chi connectivity index (χ1n) is 5.76. The van der Waals surface area contributed by atoms with E-state index in [0.29, 0.717) is 28.6 Å². The van der Waals surface area contributed by atoms with Crippen molar-refractivity contribution in [1.82, 2.24) is 4.98 Å². The zero-order chi connectivity index (χ0) is 13.0. The van der Waals surface area contributed by atoms with Crippen LogP contribution in [0.5, 0.6) is 11.5 Å². The number of ether oxygens (including phenoxy) is 1. The highest BCUT2D eigenvalue weighted by Crippen LogP contribution is 2.24. The molecule has 2 rings (SSSR count). The Labute approximate surface area is 111 Å². The van der Waals surface area contributed by atoms with E-state index in [-0.39, 0.29) is 0 Å². The van der Waals surface area contributed by atoms with E-state index < -0.39 is 6.10 Å². The Morgan fingerprint density at radius 3 is 2.72 bits per heavy atom. The molecule has 0 radical (unpaired) electrons. The summed E-state index contributed by atoms with van der Waals surface area (Å²) in [4.78, 5) is 4.16. The molecule has 0 aliphatic rings. The predicted molar refractivity (Wildman–Crippen MR) is 71.0 cm³/mol. The molecule has 2 aromatic rings. The maximum Gasteiger partial charge on any atom is 0.145 e. The molecule has 1 aromatic heterocycles. The van der Waals surface area contributed by atoms with E-state index in [1.165, 1.54) is 0 Å². The van der Waals surface area contributed by atoms with Crippen LogP contribution in [0.4, 0.5) is 0 Å². The highest BCUT2D eigenvalue weighted by atomic mass is 35.5. The second kappa shape index (κ2) is 5.85. The van der Waals surface area contributed by atoms with Crippen molar-refractivity contribution in [2.24, 2.45) is 0 Å². The van der Waals surface area contributed by atoms with Gasteiger partial charge in [-0.05, 0) is 36.8 Å². The molecule has 0 spiro atoms. The molecule has 0 amide bonds. The van der Waals surface area contributed by atoms with Gasteiger partial charge >= 0.3 is 0 Å². The summed E-state index contributed by atoms with van der Waals surface area (Å²) in [5.41, 5.74) is 0.649. The molecule has 0 fully saturated rings. The second-order valence-electron chi connectivity index (χ2n) is 3.90. The predicted octanol–water partition coefficient (Wildman–Crippen LogP) is 3.97. The molecule has 18 heavy (non-hydrogen) atoms. The van der Waals surface area contributed by atoms with Gasteiger partial charge in [0.15, 0.2) is 0 Å². The smallest absolute Gasteiger partial charge is 0.145 e. The fourth-order valence-corrected chi connectivity index (χ4v) is 1.71. The third-order valence-electron chi connectivity index (χ3n) is 2.52. The van der Waals surface area contributed by atoms with Crippen LogP contribution in [0, 0.1) is 0 Å². The van der Waals surface area contributed by atoms with Gasteiger partial charge in [-0.15, -0.1) is 0 Å². The van der Waals surface area contributed by atoms with Crippen LogP contribution in [0.2, 0.25) is 5.02 Å². The number of halogens is 1. The minimum absolute atomic E-state index is 0.523. The molecule has 0 bridgehead atoms. The van der Waals surface area contributed by atoms with E-state index in [2.05, 4.69) is 4.98 Å². The highest BCUT2D eigenvalue weighted by molar-refractivity contribution is 6.30. The number of aliphatic hydroxyl groups excluding tert-OH is 1. The van der Waals surface area contributed by atoms with E-state index in [1.54, 1.807) is 30.5 Å². The molecule has 0 unspecified atom stereocenters. The number of aromatic nitrogens is 1. The Hall–Kier alpha value is -1.58. The van der Waals surface area contributed by atoms with Crippen LogP contribution in [0.15, 0.2) is 42.6 Å². The maximum absolute atomic E-state index is 9.63. The lowest BCUT2D eigenvalue weighted by atomic mass is 10.2. The summed E-state index contributed by atoms with van der Waals surface area (Å²) in [6.07, 6.45) is 1.71. The molecule has 1 atom stereocenters. The maximum atomic E-state index is 9.63. The fourth-order valence-electron chi connectivity index (χ4n) is 1.52. The van der Waals surface area contributed by atoms with E-state index in [0.717, 1.165) is 0 Å². The van der Waals surface area contributed by atoms with Crippen LogP contribution in [-0.2, 0) is 0 Å². The SMILES string of the molecule is CC[C@@H](O)c1ccc(Oc2cccc(Cl)c2)cn1. The van der Waals surface area contributed by atoms with Gasteiger partial charge in [0, 0.05) is 5.02 Å². The summed E-state index contributed by atoms with van der Waals surface area (Å²) in [5, 5.41) is 10.2. The fraction of sp³-hybridized carbons (Fsp3) is 0.214. The highest BCUT2D eigenvalue weighted by Gasteiger charge is 2.06. The molecular weight excluding hydrogens is 250 g/mol. The molecule has 1 aromatic carbocycles. The van der Waals surface area contributed by atoms with Crippen molar-refractivity contribution in [3.63, 3.8) is 0 Å². The second-order valence-corrected chi connectivity index (χ2v) is 4.34. The average molecular weight is 264 g/mol. The molecular formula is C14H14ClNO2. The Morgan fingerprint density at radius 1 is 1.28 bits per heavy atom. The van der Waals surface area contributed by atoms with E-state index in [1.807, 2.05) is 19.1 Å². The van der Waals surface area contributed by atoms with E-state index in [4.69, 9.17) is 16.3 Å². The van der Waals surface area contributed by atoms with Gasteiger partial charge in [0.1, 0.15) is 11.5 Å². The third-order valence-corrected chi connectivity index (χ3v) is 2.75. The van der Waals surface area contributed by atoms with Gasteiger partial charge in [-0.1, -0.05) is 24.6 Å². The zero-order valence-electron chi connectivity index (χ0n) is 10.0. The van der Waals surface area contributed by atoms with Crippen molar-refractivity contribution in [1.29, 1.82) is 0 Å². The van der Waals surface area contributed by atoms with Crippen LogP contribution >= 0.6 is 11.6 Å². The number of hydrogen-bond acceptors (Lipinski definition) is 3. The zero-order valence-corrected chi connectivity index (χ0v) is 10.8. The van der Waals surface area contributed by atoms with Crippen LogP contribution in [0.3, 0.4) is 0 Å². The number of pyridine rings is 1. The summed E-state index contributed by atoms with van der Waals surface area (Å²) < 4.78 is 5.60. The van der Waals surface area contributed by atoms with E-state index >= 15 is 0 Å². The van der Waals surface area contributed by atoms with Crippen LogP contribution in [0.1, 0.15) is 25.1 Å². The number of hydrogen-bond donors (Lipinski definition) is 1. The molecule has 1 N–H and O–H groups in total. The summed E-state index contributed by atoms with van der Waals surface area (Å²) >= 11 is 5.87. The summed E-state index contributed by atoms with van der Waals surface area (Å²) in [7, 11) is 0. The van der Waals surface area contributed by atoms with Crippen molar-refractivity contribution in [3.8, 4) is 11.5 Å². The van der Waals surface area contributed by atoms with Crippen molar-refractivity contribution in [3.05, 3.63) is 53.3 Å². The molecule has 1 heterocycles. The minimum Gasteiger partial charge on any atom is -0.456 e. The number of benzene rings is 1. The quantitative estimate of drug-likeness (QED) is 0.908. The first-order valence-corrected chi connectivity index (χ1v) is 6.14. The van der Waals surface area contributed by atoms with Crippen LogP contribution in [0.25, 0.3) is 0 Å². The lowest BCUT2D eigenvalue weighted by Crippen LogP contribution is -1.98. The van der Waals surface area contributed by atoms with Gasteiger partial charge in [-0.25, -0.2) is 0 Å². The number of aliphatic hydroxyl groups is 1. The summed E-state index contributed by atoms with van der Waals surface area (Å²) in [6, 6.07) is 10.7. The van der Waals surface area contributed by atoms with Gasteiger partial charge in [0.25, 0.3) is 0 Å². The van der Waals surface area contributed by atoms with Crippen molar-refractivity contribution < 1.29 is 9.84 Å². The van der Waals surface area contributed by atoms with Crippen LogP contribution < -0.4 is 4.74 Å². The monoisotopic (exact) mass is 263 g/mol. The molecule has 0 saturated carbocycles. The van der Waals surface area contributed by atoms with Crippen molar-refractivity contribution >= 4 is 11.6 Å². The Kier molecular flexibility index (Phi) is 4.18. The summed E-state index contributed by atoms with van der Waals surface area (Å²) in [5.74, 6) is 1.28. The van der Waals surface area contributed by atoms with Crippen molar-refractivity contribution in [2.45, 2.75) is 19.4 Å². The average Bonchev–Trinajstić information content (AvgIpc) is 2.39. The lowest BCUT2D eigenvalue weighted by Gasteiger charge is -2.09. The Bertz CT molecular complexity index is 513. The van der Waals surface area contributed by atoms with Crippen LogP contribution in [-0.4, -0.2) is 10.1 Å². The molecule has 94 valence electrons. The van der Waals surface area contributed by atoms with Gasteiger partial charge in [0.2, 0.25) is 0 Å². The lowest BCUT2D eigenvalue weighted by molar-refractivity contribution is 0.169. The van der Waals surface area contributed by atoms with Gasteiger partial charge in [-0.3, -0.25) is 4.98 Å². The molecule has 0 saturated heterocycles. The van der Waals surface area contributed by atoms with E-state index in [9.17, 15) is 5.11 Å². The largest absolute Gasteiger partial charge is 0.456 e.